The molecule has 0 aliphatic rings. The van der Waals surface area contributed by atoms with Crippen LogP contribution in [0.1, 0.15) is 30.7 Å². The zero-order valence-electron chi connectivity index (χ0n) is 44.4. The number of aliphatic hydroxyl groups excluding tert-OH is 2. The molecular formula is C64H63F3Ir2N4O5S-4. The fourth-order valence-electron chi connectivity index (χ4n) is 7.06. The SMILES string of the molecule is CO.CO.Cc1cc[c-]c(-c2ccc(-c3cccc(C)c3)cn2)c1.Cc1cccc(-c2cc(C)c(-c3cccc(C)c3)cn2)c1.O=S(=O)([O-])C(F)(F)F.[HH].[HH].[Ir].[Ir].[c-]1ccccc1-c1ccccn1.[c-]1ccccc1-c1ccccn1. The van der Waals surface area contributed by atoms with E-state index in [2.05, 4.69) is 170 Å². The van der Waals surface area contributed by atoms with Gasteiger partial charge in [-0.1, -0.05) is 127 Å². The molecule has 0 atom stereocenters. The van der Waals surface area contributed by atoms with Crippen molar-refractivity contribution < 1.29 is 79.4 Å². The van der Waals surface area contributed by atoms with Crippen LogP contribution < -0.4 is 0 Å². The van der Waals surface area contributed by atoms with Crippen molar-refractivity contribution in [1.82, 2.24) is 19.9 Å². The van der Waals surface area contributed by atoms with Gasteiger partial charge < -0.3 is 29.7 Å². The Kier molecular flexibility index (Phi) is 30.4. The molecule has 10 rings (SSSR count). The van der Waals surface area contributed by atoms with Crippen molar-refractivity contribution in [2.75, 3.05) is 14.2 Å². The number of hydrogen-bond acceptors (Lipinski definition) is 9. The molecule has 10 aromatic rings. The molecule has 0 aliphatic carbocycles. The first-order chi connectivity index (χ1) is 37.0. The fourth-order valence-corrected chi connectivity index (χ4v) is 7.06. The second-order valence-corrected chi connectivity index (χ2v) is 18.0. The van der Waals surface area contributed by atoms with Crippen LogP contribution in [0.15, 0.2) is 219 Å². The van der Waals surface area contributed by atoms with Gasteiger partial charge in [0, 0.05) is 93.2 Å². The Bertz CT molecular complexity index is 3220. The monoisotopic (exact) mass is 1440 g/mol. The molecule has 0 amide bonds. The van der Waals surface area contributed by atoms with Crippen molar-refractivity contribution in [2.45, 2.75) is 40.1 Å². The van der Waals surface area contributed by atoms with E-state index in [0.717, 1.165) is 59.2 Å². The van der Waals surface area contributed by atoms with E-state index in [1.54, 1.807) is 12.4 Å². The second kappa shape index (κ2) is 35.4. The molecule has 2 N–H and O–H groups in total. The third kappa shape index (κ3) is 23.0. The number of aliphatic hydroxyl groups is 2. The molecular weight excluding hydrogens is 1380 g/mol. The van der Waals surface area contributed by atoms with Crippen molar-refractivity contribution in [2.24, 2.45) is 0 Å². The van der Waals surface area contributed by atoms with Gasteiger partial charge in [0.15, 0.2) is 10.1 Å². The summed E-state index contributed by atoms with van der Waals surface area (Å²) in [5, 5.41) is 14.0. The Morgan fingerprint density at radius 3 is 1.28 bits per heavy atom. The summed E-state index contributed by atoms with van der Waals surface area (Å²) in [6.45, 7) is 10.6. The maximum Gasteiger partial charge on any atom is 0.485 e. The fraction of sp³-hybridized carbons (Fsp3) is 0.125. The average molecular weight is 1440 g/mol. The Hall–Kier alpha value is -7.16. The molecule has 0 saturated heterocycles. The van der Waals surface area contributed by atoms with Gasteiger partial charge in [-0.2, -0.15) is 13.2 Å². The molecule has 0 fully saturated rings. The third-order valence-electron chi connectivity index (χ3n) is 10.7. The van der Waals surface area contributed by atoms with Crippen LogP contribution in [0.3, 0.4) is 0 Å². The molecule has 418 valence electrons. The predicted molar refractivity (Wildman–Crippen MR) is 306 cm³/mol. The van der Waals surface area contributed by atoms with Crippen LogP contribution in [0.2, 0.25) is 0 Å². The Morgan fingerprint density at radius 2 is 0.861 bits per heavy atom. The molecule has 0 unspecified atom stereocenters. The van der Waals surface area contributed by atoms with E-state index in [1.807, 2.05) is 109 Å². The molecule has 79 heavy (non-hydrogen) atoms. The zero-order valence-corrected chi connectivity index (χ0v) is 50.0. The summed E-state index contributed by atoms with van der Waals surface area (Å²) in [5.74, 6) is 0. The number of rotatable bonds is 6. The molecule has 15 heteroatoms. The topological polar surface area (TPSA) is 149 Å². The number of alkyl halides is 3. The van der Waals surface area contributed by atoms with E-state index in [-0.39, 0.29) is 43.1 Å². The predicted octanol–water partition coefficient (Wildman–Crippen LogP) is 15.0. The number of benzene rings is 6. The summed E-state index contributed by atoms with van der Waals surface area (Å²) >= 11 is 0. The van der Waals surface area contributed by atoms with E-state index in [4.69, 9.17) is 23.2 Å². The van der Waals surface area contributed by atoms with E-state index in [9.17, 15) is 13.2 Å². The Morgan fingerprint density at radius 1 is 0.430 bits per heavy atom. The second-order valence-electron chi connectivity index (χ2n) is 16.6. The zero-order chi connectivity index (χ0) is 56.2. The number of aromatic nitrogens is 4. The van der Waals surface area contributed by atoms with Gasteiger partial charge in [-0.3, -0.25) is 4.98 Å². The molecule has 6 aromatic carbocycles. The molecule has 0 aliphatic heterocycles. The van der Waals surface area contributed by atoms with E-state index < -0.39 is 15.6 Å². The van der Waals surface area contributed by atoms with E-state index in [0.29, 0.717) is 0 Å². The molecule has 4 aromatic heterocycles. The minimum atomic E-state index is -6.09. The van der Waals surface area contributed by atoms with E-state index in [1.165, 1.54) is 50.1 Å². The van der Waals surface area contributed by atoms with Gasteiger partial charge in [0.25, 0.3) is 0 Å². The summed E-state index contributed by atoms with van der Waals surface area (Å²) < 4.78 is 58.9. The summed E-state index contributed by atoms with van der Waals surface area (Å²) in [4.78, 5) is 17.7. The summed E-state index contributed by atoms with van der Waals surface area (Å²) in [6, 6.07) is 74.8. The number of halogens is 3. The smallest absolute Gasteiger partial charge is 0.485 e. The molecule has 0 saturated carbocycles. The summed E-state index contributed by atoms with van der Waals surface area (Å²) in [5.41, 5.74) is 13.7. The number of aryl methyl sites for hydroxylation is 5. The summed E-state index contributed by atoms with van der Waals surface area (Å²) in [6.07, 6.45) is 7.49. The van der Waals surface area contributed by atoms with Gasteiger partial charge >= 0.3 is 5.51 Å². The van der Waals surface area contributed by atoms with Gasteiger partial charge in [0.2, 0.25) is 0 Å². The van der Waals surface area contributed by atoms with Gasteiger partial charge in [-0.15, -0.1) is 107 Å². The van der Waals surface area contributed by atoms with Gasteiger partial charge in [-0.05, 0) is 91.3 Å². The van der Waals surface area contributed by atoms with Crippen molar-refractivity contribution >= 4 is 10.1 Å². The van der Waals surface area contributed by atoms with Crippen LogP contribution in [0.25, 0.3) is 67.3 Å². The van der Waals surface area contributed by atoms with Gasteiger partial charge in [-0.25, -0.2) is 8.42 Å². The first-order valence-electron chi connectivity index (χ1n) is 23.8. The number of hydrogen-bond donors (Lipinski definition) is 2. The van der Waals surface area contributed by atoms with Crippen LogP contribution in [-0.4, -0.2) is 62.8 Å². The minimum Gasteiger partial charge on any atom is -0.741 e. The maximum absolute atomic E-state index is 10.7. The van der Waals surface area contributed by atoms with Crippen molar-refractivity contribution in [3.63, 3.8) is 0 Å². The normalized spacial score (nSPS) is 9.99. The van der Waals surface area contributed by atoms with Crippen LogP contribution in [0.4, 0.5) is 13.2 Å². The van der Waals surface area contributed by atoms with Crippen molar-refractivity contribution in [1.29, 1.82) is 0 Å². The van der Waals surface area contributed by atoms with Gasteiger partial charge in [0.05, 0.1) is 5.69 Å². The van der Waals surface area contributed by atoms with Gasteiger partial charge in [0.1, 0.15) is 0 Å². The molecule has 9 nitrogen and oxygen atoms in total. The van der Waals surface area contributed by atoms with Crippen molar-refractivity contribution in [3.05, 3.63) is 265 Å². The van der Waals surface area contributed by atoms with Crippen molar-refractivity contribution in [3.8, 4) is 67.3 Å². The van der Waals surface area contributed by atoms with Crippen LogP contribution in [0.5, 0.6) is 0 Å². The summed E-state index contributed by atoms with van der Waals surface area (Å²) in [7, 11) is -4.09. The van der Waals surface area contributed by atoms with Crippen LogP contribution in [-0.2, 0) is 50.3 Å². The third-order valence-corrected chi connectivity index (χ3v) is 11.3. The van der Waals surface area contributed by atoms with E-state index >= 15 is 0 Å². The standard InChI is InChI=1S/C20H19N.C19H16N.2C11H8N.CHF3O3S.2CH4O.2Ir.2H2/c1-14-6-4-8-17(10-14)19-13-21-20(12-16(19)3)18-9-5-7-15(2)11-18;1-14-5-3-7-16(11-14)18-9-10-19(20-13-18)17-8-4-6-15(2)12-17;2*1-2-6-10(7-3-1)11-8-4-5-9-12-11;2-1(3,4)8(5,6)7;2*1-2;;;;/h4-13H,1-3H3;3-7,9-13H,1-2H3;2*1-6,8-9H;(H,5,6,7);2*2H,1H3;;;2*1H/q;3*-1;;;;;;;/p-1. The number of pyridine rings is 4. The quantitative estimate of drug-likeness (QED) is 0.0942. The number of nitrogens with zero attached hydrogens (tertiary/aromatic N) is 4. The molecule has 0 bridgehead atoms. The van der Waals surface area contributed by atoms with Crippen LogP contribution in [0, 0.1) is 52.8 Å². The van der Waals surface area contributed by atoms with Crippen LogP contribution >= 0.6 is 0 Å². The molecule has 2 radical (unpaired) electrons. The Labute approximate surface area is 492 Å². The maximum atomic E-state index is 10.7. The average Bonchev–Trinajstić information content (AvgIpc) is 3.49. The first-order valence-corrected chi connectivity index (χ1v) is 25.3. The Balaban J connectivity index is 0.000000994. The largest absolute Gasteiger partial charge is 0.741 e. The first kappa shape index (κ1) is 67.9. The molecule has 0 spiro atoms. The molecule has 4 heterocycles. The minimum absolute atomic E-state index is 0.